The first-order chi connectivity index (χ1) is 9.82. The predicted octanol–water partition coefficient (Wildman–Crippen LogP) is 6.01. The quantitative estimate of drug-likeness (QED) is 0.390. The fourth-order valence-electron chi connectivity index (χ4n) is 2.35. The molecule has 98 valence electrons. The maximum atomic E-state index is 2.51. The summed E-state index contributed by atoms with van der Waals surface area (Å²) in [5, 5.41) is 0. The van der Waals surface area contributed by atoms with E-state index in [1.165, 1.54) is 17.1 Å². The van der Waals surface area contributed by atoms with Gasteiger partial charge in [0, 0.05) is 36.4 Å². The highest BCUT2D eigenvalue weighted by atomic mass is 127. The third-order valence-corrected chi connectivity index (χ3v) is 5.01. The molecule has 0 fully saturated rings. The molecule has 0 spiro atoms. The minimum atomic E-state index is 0.639. The molecule has 0 saturated heterocycles. The Hall–Kier alpha value is -1.65. The third kappa shape index (κ3) is 2.37. The first kappa shape index (κ1) is 13.3. The van der Waals surface area contributed by atoms with E-state index in [2.05, 4.69) is 114 Å². The molecule has 0 radical (unpaired) electrons. The van der Waals surface area contributed by atoms with Crippen molar-refractivity contribution in [3.8, 4) is 0 Å². The average molecular weight is 372 g/mol. The second-order valence-corrected chi connectivity index (χ2v) is 6.04. The highest BCUT2D eigenvalue weighted by Gasteiger charge is 2.33. The van der Waals surface area contributed by atoms with Crippen LogP contribution in [0.5, 0.6) is 0 Å². The van der Waals surface area contributed by atoms with Crippen LogP contribution in [0.2, 0.25) is 0 Å². The number of halogens is 1. The van der Waals surface area contributed by atoms with Crippen molar-refractivity contribution in [2.45, 2.75) is 0 Å². The highest BCUT2D eigenvalue weighted by Crippen LogP contribution is 2.47. The predicted molar refractivity (Wildman–Crippen MR) is 94.5 cm³/mol. The van der Waals surface area contributed by atoms with Gasteiger partial charge in [0.25, 0.3) is 22.9 Å². The van der Waals surface area contributed by atoms with Gasteiger partial charge < -0.3 is 0 Å². The molecule has 0 atom stereocenters. The molecule has 3 aromatic rings. The van der Waals surface area contributed by atoms with Crippen molar-refractivity contribution >= 4 is 39.9 Å². The summed E-state index contributed by atoms with van der Waals surface area (Å²) in [5.74, 6) is 0. The Bertz CT molecular complexity index is 569. The second-order valence-electron chi connectivity index (χ2n) is 4.60. The number of quaternary nitrogens is 1. The monoisotopic (exact) mass is 372 g/mol. The van der Waals surface area contributed by atoms with Crippen molar-refractivity contribution in [1.82, 2.24) is 2.70 Å². The Labute approximate surface area is 133 Å². The van der Waals surface area contributed by atoms with E-state index in [4.69, 9.17) is 0 Å². The van der Waals surface area contributed by atoms with Crippen molar-refractivity contribution in [3.05, 3.63) is 91.0 Å². The van der Waals surface area contributed by atoms with Crippen molar-refractivity contribution in [2.75, 3.05) is 0 Å². The van der Waals surface area contributed by atoms with Gasteiger partial charge in [-0.1, -0.05) is 54.6 Å². The van der Waals surface area contributed by atoms with Crippen LogP contribution in [0.25, 0.3) is 0 Å². The minimum Gasteiger partial charge on any atom is -0.171 e. The molecule has 0 aliphatic rings. The largest absolute Gasteiger partial charge is 0.266 e. The Balaban J connectivity index is 2.24. The summed E-state index contributed by atoms with van der Waals surface area (Å²) in [5.41, 5.74) is 3.72. The summed E-state index contributed by atoms with van der Waals surface area (Å²) in [6.45, 7) is 0. The first-order valence-corrected chi connectivity index (χ1v) is 7.54. The van der Waals surface area contributed by atoms with Gasteiger partial charge in [0.15, 0.2) is 17.1 Å². The lowest BCUT2D eigenvalue weighted by Gasteiger charge is -2.29. The fourth-order valence-corrected chi connectivity index (χ4v) is 3.31. The van der Waals surface area contributed by atoms with E-state index < -0.39 is 0 Å². The molecule has 0 unspecified atom stereocenters. The van der Waals surface area contributed by atoms with Crippen LogP contribution in [0.1, 0.15) is 0 Å². The third-order valence-electron chi connectivity index (χ3n) is 3.34. The van der Waals surface area contributed by atoms with E-state index in [0.717, 1.165) is 0 Å². The first-order valence-electron chi connectivity index (χ1n) is 6.57. The molecule has 0 aromatic heterocycles. The van der Waals surface area contributed by atoms with Gasteiger partial charge in [-0.2, -0.15) is 2.70 Å². The van der Waals surface area contributed by atoms with Crippen LogP contribution in [-0.4, -0.2) is 0 Å². The lowest BCUT2D eigenvalue weighted by molar-refractivity contribution is 0.885. The summed E-state index contributed by atoms with van der Waals surface area (Å²) in [6.07, 6.45) is 0. The van der Waals surface area contributed by atoms with Crippen molar-refractivity contribution in [2.24, 2.45) is 0 Å². The van der Waals surface area contributed by atoms with Gasteiger partial charge in [-0.05, 0) is 0 Å². The molecule has 1 nitrogen and oxygen atoms in total. The van der Waals surface area contributed by atoms with E-state index in [9.17, 15) is 0 Å². The zero-order valence-electron chi connectivity index (χ0n) is 11.0. The van der Waals surface area contributed by atoms with Crippen molar-refractivity contribution in [3.63, 3.8) is 0 Å². The number of para-hydroxylation sites is 3. The molecule has 0 heterocycles. The van der Waals surface area contributed by atoms with Gasteiger partial charge in [-0.3, -0.25) is 0 Å². The van der Waals surface area contributed by atoms with Gasteiger partial charge in [-0.15, -0.1) is 0 Å². The fraction of sp³-hybridized carbons (Fsp3) is 0. The summed E-state index contributed by atoms with van der Waals surface area (Å²) in [4.78, 5) is 0. The van der Waals surface area contributed by atoms with E-state index >= 15 is 0 Å². The number of nitrogens with zero attached hydrogens (tertiary/aromatic N) is 1. The number of hydrogen-bond donors (Lipinski definition) is 0. The normalized spacial score (nSPS) is 11.2. The minimum absolute atomic E-state index is 0.639. The van der Waals surface area contributed by atoms with Crippen LogP contribution in [0.3, 0.4) is 0 Å². The summed E-state index contributed by atoms with van der Waals surface area (Å²) < 4.78 is 0.639. The maximum absolute atomic E-state index is 2.51. The van der Waals surface area contributed by atoms with Gasteiger partial charge in [0.05, 0.1) is 0 Å². The Morgan fingerprint density at radius 2 is 0.700 bits per heavy atom. The molecule has 0 aliphatic carbocycles. The van der Waals surface area contributed by atoms with Crippen LogP contribution >= 0.6 is 22.9 Å². The number of hydrogen-bond acceptors (Lipinski definition) is 0. The smallest absolute Gasteiger partial charge is 0.171 e. The molecule has 3 rings (SSSR count). The van der Waals surface area contributed by atoms with Gasteiger partial charge in [-0.25, -0.2) is 0 Å². The van der Waals surface area contributed by atoms with E-state index in [-0.39, 0.29) is 0 Å². The van der Waals surface area contributed by atoms with E-state index in [1.54, 1.807) is 0 Å². The molecule has 0 aliphatic heterocycles. The number of benzene rings is 3. The average Bonchev–Trinajstić information content (AvgIpc) is 2.56. The molecule has 2 heteroatoms. The molecule has 20 heavy (non-hydrogen) atoms. The van der Waals surface area contributed by atoms with Crippen LogP contribution in [0.4, 0.5) is 17.1 Å². The molecule has 3 aromatic carbocycles. The molecule has 0 bridgehead atoms. The Morgan fingerprint density at radius 1 is 0.450 bits per heavy atom. The van der Waals surface area contributed by atoms with Crippen LogP contribution < -0.4 is 2.70 Å². The van der Waals surface area contributed by atoms with Gasteiger partial charge in [0.2, 0.25) is 0 Å². The number of rotatable bonds is 3. The molecular formula is C18H15IN+. The summed E-state index contributed by atoms with van der Waals surface area (Å²) in [7, 11) is 0. The van der Waals surface area contributed by atoms with Gasteiger partial charge in [0.1, 0.15) is 0 Å². The molecular weight excluding hydrogens is 357 g/mol. The SMILES string of the molecule is I[N+](c1ccccc1)(c1ccccc1)c1ccccc1. The van der Waals surface area contributed by atoms with E-state index in [0.29, 0.717) is 2.70 Å². The molecule has 0 N–H and O–H groups in total. The summed E-state index contributed by atoms with van der Waals surface area (Å²) in [6, 6.07) is 31.7. The summed E-state index contributed by atoms with van der Waals surface area (Å²) >= 11 is 2.51. The lowest BCUT2D eigenvalue weighted by atomic mass is 10.2. The topological polar surface area (TPSA) is 0 Å². The van der Waals surface area contributed by atoms with Crippen LogP contribution in [0.15, 0.2) is 91.0 Å². The van der Waals surface area contributed by atoms with Crippen LogP contribution in [-0.2, 0) is 0 Å². The van der Waals surface area contributed by atoms with Crippen LogP contribution in [0, 0.1) is 0 Å². The standard InChI is InChI=1S/C18H15IN/c19-20(16-10-4-1-5-11-16,17-12-6-2-7-13-17)18-14-8-3-9-15-18/h1-15H/q+1. The van der Waals surface area contributed by atoms with Crippen molar-refractivity contribution in [1.29, 1.82) is 0 Å². The highest BCUT2D eigenvalue weighted by molar-refractivity contribution is 14.1. The second kappa shape index (κ2) is 5.77. The van der Waals surface area contributed by atoms with Crippen molar-refractivity contribution < 1.29 is 0 Å². The van der Waals surface area contributed by atoms with E-state index in [1.807, 2.05) is 0 Å². The Morgan fingerprint density at radius 3 is 0.950 bits per heavy atom. The Kier molecular flexibility index (Phi) is 3.85. The molecule has 0 saturated carbocycles. The zero-order chi connectivity index (χ0) is 13.8. The zero-order valence-corrected chi connectivity index (χ0v) is 13.1. The lowest BCUT2D eigenvalue weighted by Crippen LogP contribution is -2.25. The molecule has 0 amide bonds. The van der Waals surface area contributed by atoms with Gasteiger partial charge >= 0.3 is 0 Å². The maximum Gasteiger partial charge on any atom is 0.266 e.